The summed E-state index contributed by atoms with van der Waals surface area (Å²) in [6.07, 6.45) is 8.07. The molecule has 1 unspecified atom stereocenters. The van der Waals surface area contributed by atoms with E-state index in [-0.39, 0.29) is 18.4 Å². The number of fused-ring (bicyclic) bond motifs is 1. The first kappa shape index (κ1) is 25.1. The van der Waals surface area contributed by atoms with Crippen LogP contribution in [0.2, 0.25) is 5.02 Å². The van der Waals surface area contributed by atoms with Crippen LogP contribution in [-0.2, 0) is 0 Å². The van der Waals surface area contributed by atoms with Crippen LogP contribution in [0.4, 0.5) is 11.8 Å². The van der Waals surface area contributed by atoms with Gasteiger partial charge < -0.3 is 20.9 Å². The minimum atomic E-state index is -0.0471. The number of piperazine rings is 1. The van der Waals surface area contributed by atoms with Gasteiger partial charge in [-0.15, -0.1) is 12.4 Å². The Morgan fingerprint density at radius 2 is 1.91 bits per heavy atom. The van der Waals surface area contributed by atoms with E-state index < -0.39 is 0 Å². The van der Waals surface area contributed by atoms with Crippen molar-refractivity contribution in [1.82, 2.24) is 29.2 Å². The molecule has 0 amide bonds. The third kappa shape index (κ3) is 5.48. The van der Waals surface area contributed by atoms with Crippen molar-refractivity contribution in [2.24, 2.45) is 5.73 Å². The summed E-state index contributed by atoms with van der Waals surface area (Å²) in [6.45, 7) is 4.40. The molecule has 3 N–H and O–H groups in total. The molecule has 1 aliphatic heterocycles. The van der Waals surface area contributed by atoms with Crippen molar-refractivity contribution in [3.8, 4) is 11.4 Å². The van der Waals surface area contributed by atoms with Crippen molar-refractivity contribution < 1.29 is 0 Å². The highest BCUT2D eigenvalue weighted by atomic mass is 35.5. The molecule has 1 atom stereocenters. The number of rotatable bonds is 7. The number of anilines is 2. The number of hydrogen-bond donors (Lipinski definition) is 2. The fourth-order valence-electron chi connectivity index (χ4n) is 4.28. The molecule has 1 aromatic carbocycles. The van der Waals surface area contributed by atoms with Crippen molar-refractivity contribution in [1.29, 1.82) is 0 Å². The molecule has 1 aliphatic rings. The summed E-state index contributed by atoms with van der Waals surface area (Å²) in [5, 5.41) is 4.11. The summed E-state index contributed by atoms with van der Waals surface area (Å²) in [7, 11) is 2.14. The number of nitrogens with zero attached hydrogens (tertiary/aromatic N) is 7. The average Bonchev–Trinajstić information content (AvgIpc) is 3.29. The Bertz CT molecular complexity index is 1270. The maximum Gasteiger partial charge on any atom is 0.223 e. The van der Waals surface area contributed by atoms with E-state index in [1.54, 1.807) is 6.20 Å². The lowest BCUT2D eigenvalue weighted by Crippen LogP contribution is -2.45. The average molecular weight is 514 g/mol. The molecule has 1 fully saturated rings. The predicted molar refractivity (Wildman–Crippen MR) is 142 cm³/mol. The van der Waals surface area contributed by atoms with Gasteiger partial charge >= 0.3 is 0 Å². The van der Waals surface area contributed by atoms with Crippen molar-refractivity contribution >= 4 is 41.4 Å². The van der Waals surface area contributed by atoms with Gasteiger partial charge in [0, 0.05) is 49.8 Å². The number of benzene rings is 1. The van der Waals surface area contributed by atoms with Gasteiger partial charge in [0.1, 0.15) is 0 Å². The van der Waals surface area contributed by atoms with E-state index in [2.05, 4.69) is 32.1 Å². The fraction of sp³-hybridized carbons (Fsp3) is 0.333. The Morgan fingerprint density at radius 1 is 1.09 bits per heavy atom. The zero-order valence-corrected chi connectivity index (χ0v) is 21.1. The Hall–Kier alpha value is -2.98. The van der Waals surface area contributed by atoms with Crippen LogP contribution >= 0.6 is 24.0 Å². The fourth-order valence-corrected chi connectivity index (χ4v) is 4.47. The zero-order chi connectivity index (χ0) is 23.5. The number of nitrogens with one attached hydrogen (secondary N) is 1. The SMILES string of the molecule is CN1CCN(c2nccn3c(-c4ccnc(NC(CCN)c5cccc(Cl)c5)n4)cnc23)CC1.Cl. The quantitative estimate of drug-likeness (QED) is 0.387. The van der Waals surface area contributed by atoms with Gasteiger partial charge in [-0.25, -0.2) is 19.9 Å². The highest BCUT2D eigenvalue weighted by Crippen LogP contribution is 2.27. The van der Waals surface area contributed by atoms with E-state index in [4.69, 9.17) is 27.3 Å². The van der Waals surface area contributed by atoms with Crippen LogP contribution in [0.3, 0.4) is 0 Å². The summed E-state index contributed by atoms with van der Waals surface area (Å²) in [4.78, 5) is 23.2. The molecule has 5 rings (SSSR count). The highest BCUT2D eigenvalue weighted by molar-refractivity contribution is 6.30. The summed E-state index contributed by atoms with van der Waals surface area (Å²) in [5.41, 5.74) is 9.41. The molecule has 184 valence electrons. The molecule has 1 saturated heterocycles. The number of imidazole rings is 1. The first-order chi connectivity index (χ1) is 16.6. The van der Waals surface area contributed by atoms with E-state index in [0.717, 1.165) is 61.0 Å². The van der Waals surface area contributed by atoms with Gasteiger partial charge in [-0.05, 0) is 43.8 Å². The number of hydrogen-bond acceptors (Lipinski definition) is 8. The molecular weight excluding hydrogens is 485 g/mol. The molecule has 3 aromatic heterocycles. The lowest BCUT2D eigenvalue weighted by Gasteiger charge is -2.33. The minimum Gasteiger partial charge on any atom is -0.351 e. The number of halogens is 2. The molecule has 9 nitrogen and oxygen atoms in total. The largest absolute Gasteiger partial charge is 0.351 e. The van der Waals surface area contributed by atoms with Gasteiger partial charge in [-0.3, -0.25) is 4.40 Å². The first-order valence-electron chi connectivity index (χ1n) is 11.4. The van der Waals surface area contributed by atoms with Crippen LogP contribution in [0.25, 0.3) is 17.0 Å². The maximum absolute atomic E-state index is 6.21. The lowest BCUT2D eigenvalue weighted by atomic mass is 10.0. The molecule has 0 radical (unpaired) electrons. The van der Waals surface area contributed by atoms with Crippen molar-refractivity contribution in [2.45, 2.75) is 12.5 Å². The Labute approximate surface area is 215 Å². The minimum absolute atomic E-state index is 0. The van der Waals surface area contributed by atoms with Gasteiger partial charge in [-0.2, -0.15) is 0 Å². The number of aromatic nitrogens is 5. The van der Waals surface area contributed by atoms with E-state index >= 15 is 0 Å². The van der Waals surface area contributed by atoms with Crippen molar-refractivity contribution in [2.75, 3.05) is 50.0 Å². The summed E-state index contributed by atoms with van der Waals surface area (Å²) < 4.78 is 2.04. The van der Waals surface area contributed by atoms with E-state index in [1.807, 2.05) is 53.3 Å². The van der Waals surface area contributed by atoms with Gasteiger partial charge in [0.2, 0.25) is 5.95 Å². The van der Waals surface area contributed by atoms with Crippen LogP contribution in [0.1, 0.15) is 18.0 Å². The molecule has 4 heterocycles. The van der Waals surface area contributed by atoms with Gasteiger partial charge in [0.15, 0.2) is 11.5 Å². The smallest absolute Gasteiger partial charge is 0.223 e. The van der Waals surface area contributed by atoms with Crippen LogP contribution in [0.15, 0.2) is 55.1 Å². The zero-order valence-electron chi connectivity index (χ0n) is 19.5. The Morgan fingerprint density at radius 3 is 2.69 bits per heavy atom. The molecule has 0 saturated carbocycles. The monoisotopic (exact) mass is 513 g/mol. The molecule has 0 aliphatic carbocycles. The molecule has 4 aromatic rings. The Kier molecular flexibility index (Phi) is 8.02. The van der Waals surface area contributed by atoms with Gasteiger partial charge in [-0.1, -0.05) is 23.7 Å². The van der Waals surface area contributed by atoms with Crippen LogP contribution in [-0.4, -0.2) is 69.0 Å². The maximum atomic E-state index is 6.21. The number of nitrogens with two attached hydrogens (primary N) is 1. The number of likely N-dealkylation sites (N-methyl/N-ethyl adjacent to an activating group) is 1. The standard InChI is InChI=1S/C24H28ClN9.ClH/c1-32-11-13-33(14-12-32)22-23-29-16-21(34(23)10-9-27-22)20-6-8-28-24(31-20)30-19(5-7-26)17-3-2-4-18(25)15-17;/h2-4,6,8-10,15-16,19H,5,7,11-14,26H2,1H3,(H,28,30,31);1H. The topological polar surface area (TPSA) is 100 Å². The molecule has 11 heteroatoms. The Balaban J connectivity index is 0.00000289. The second-order valence-corrected chi connectivity index (χ2v) is 8.91. The second-order valence-electron chi connectivity index (χ2n) is 8.47. The molecule has 0 bridgehead atoms. The van der Waals surface area contributed by atoms with Crippen LogP contribution in [0.5, 0.6) is 0 Å². The molecule has 35 heavy (non-hydrogen) atoms. The lowest BCUT2D eigenvalue weighted by molar-refractivity contribution is 0.312. The third-order valence-corrected chi connectivity index (χ3v) is 6.38. The summed E-state index contributed by atoms with van der Waals surface area (Å²) >= 11 is 6.21. The second kappa shape index (κ2) is 11.2. The van der Waals surface area contributed by atoms with Crippen LogP contribution in [0, 0.1) is 0 Å². The van der Waals surface area contributed by atoms with Gasteiger partial charge in [0.25, 0.3) is 0 Å². The van der Waals surface area contributed by atoms with Gasteiger partial charge in [0.05, 0.1) is 23.6 Å². The van der Waals surface area contributed by atoms with E-state index in [1.165, 1.54) is 0 Å². The predicted octanol–water partition coefficient (Wildman–Crippen LogP) is 3.52. The van der Waals surface area contributed by atoms with E-state index in [0.29, 0.717) is 17.5 Å². The van der Waals surface area contributed by atoms with E-state index in [9.17, 15) is 0 Å². The third-order valence-electron chi connectivity index (χ3n) is 6.14. The normalized spacial score (nSPS) is 15.1. The van der Waals surface area contributed by atoms with Crippen molar-refractivity contribution in [3.63, 3.8) is 0 Å². The van der Waals surface area contributed by atoms with Crippen LogP contribution < -0.4 is 16.0 Å². The summed E-state index contributed by atoms with van der Waals surface area (Å²) in [6, 6.07) is 9.61. The summed E-state index contributed by atoms with van der Waals surface area (Å²) in [5.74, 6) is 1.43. The molecular formula is C24H29Cl2N9. The highest BCUT2D eigenvalue weighted by Gasteiger charge is 2.20. The first-order valence-corrected chi connectivity index (χ1v) is 11.8. The van der Waals surface area contributed by atoms with Crippen molar-refractivity contribution in [3.05, 3.63) is 65.7 Å². The molecule has 0 spiro atoms.